The molecule has 0 fully saturated rings. The molecule has 0 spiro atoms. The second-order valence-electron chi connectivity index (χ2n) is 3.77. The number of hydrogen-bond acceptors (Lipinski definition) is 3. The summed E-state index contributed by atoms with van der Waals surface area (Å²) in [6.07, 6.45) is -4.59. The van der Waals surface area contributed by atoms with E-state index in [0.29, 0.717) is 0 Å². The first kappa shape index (κ1) is 15.7. The van der Waals surface area contributed by atoms with Crippen LogP contribution in [0.15, 0.2) is 0 Å². The van der Waals surface area contributed by atoms with E-state index in [1.165, 1.54) is 0 Å². The second kappa shape index (κ2) is 5.85. The third-order valence-corrected chi connectivity index (χ3v) is 2.25. The molecule has 0 aliphatic rings. The van der Waals surface area contributed by atoms with Crippen LogP contribution in [0.3, 0.4) is 0 Å². The summed E-state index contributed by atoms with van der Waals surface area (Å²) >= 11 is 0. The second-order valence-corrected chi connectivity index (χ2v) is 3.77. The largest absolute Gasteiger partial charge is 0.480 e. The van der Waals surface area contributed by atoms with Crippen LogP contribution in [-0.4, -0.2) is 36.4 Å². The number of carbonyl (C=O) groups excluding carboxylic acids is 1. The molecule has 0 aliphatic heterocycles. The molecular weight excluding hydrogens is 243 g/mol. The zero-order valence-electron chi connectivity index (χ0n) is 9.21. The average molecular weight is 257 g/mol. The number of hydrogen-bond donors (Lipinski definition) is 2. The number of halogens is 3. The minimum atomic E-state index is -4.42. The van der Waals surface area contributed by atoms with Gasteiger partial charge in [-0.05, 0) is 19.8 Å². The third-order valence-electron chi connectivity index (χ3n) is 2.25. The van der Waals surface area contributed by atoms with Gasteiger partial charge in [0.1, 0.15) is 12.0 Å². The van der Waals surface area contributed by atoms with Gasteiger partial charge in [-0.2, -0.15) is 13.2 Å². The first-order valence-electron chi connectivity index (χ1n) is 4.77. The van der Waals surface area contributed by atoms with Crippen molar-refractivity contribution < 1.29 is 32.6 Å². The molecule has 100 valence electrons. The molecule has 3 N–H and O–H groups in total. The highest BCUT2D eigenvalue weighted by Gasteiger charge is 2.39. The topological polar surface area (TPSA) is 89.6 Å². The van der Waals surface area contributed by atoms with E-state index in [1.54, 1.807) is 0 Å². The molecule has 0 rings (SSSR count). The Hall–Kier alpha value is -1.31. The van der Waals surface area contributed by atoms with Crippen LogP contribution in [0.25, 0.3) is 0 Å². The van der Waals surface area contributed by atoms with Crippen molar-refractivity contribution in [2.75, 3.05) is 13.2 Å². The zero-order valence-corrected chi connectivity index (χ0v) is 9.21. The summed E-state index contributed by atoms with van der Waals surface area (Å²) in [5.74, 6) is -2.43. The standard InChI is InChI=1S/C9H14F3NO4/c1-8(6(13)14,7(15)16)3-2-4-17-5-9(10,11)12/h2-5H2,1H3,(H2,13,14)(H,15,16). The monoisotopic (exact) mass is 257 g/mol. The molecule has 8 heteroatoms. The normalized spacial score (nSPS) is 15.3. The number of ether oxygens (including phenoxy) is 1. The molecule has 1 atom stereocenters. The van der Waals surface area contributed by atoms with Crippen LogP contribution in [0, 0.1) is 5.41 Å². The molecule has 0 heterocycles. The van der Waals surface area contributed by atoms with Crippen molar-refractivity contribution in [3.63, 3.8) is 0 Å². The van der Waals surface area contributed by atoms with Crippen molar-refractivity contribution in [1.29, 1.82) is 0 Å². The van der Waals surface area contributed by atoms with Crippen LogP contribution < -0.4 is 5.73 Å². The van der Waals surface area contributed by atoms with Crippen LogP contribution in [-0.2, 0) is 14.3 Å². The molecule has 0 radical (unpaired) electrons. The fourth-order valence-electron chi connectivity index (χ4n) is 1.05. The maximum Gasteiger partial charge on any atom is 0.411 e. The maximum atomic E-state index is 11.7. The fraction of sp³-hybridized carbons (Fsp3) is 0.778. The summed E-state index contributed by atoms with van der Waals surface area (Å²) in [6.45, 7) is -0.551. The summed E-state index contributed by atoms with van der Waals surface area (Å²) in [5, 5.41) is 8.77. The van der Waals surface area contributed by atoms with E-state index < -0.39 is 30.1 Å². The number of alkyl halides is 3. The van der Waals surface area contributed by atoms with E-state index in [9.17, 15) is 22.8 Å². The first-order valence-corrected chi connectivity index (χ1v) is 4.77. The number of amides is 1. The minimum Gasteiger partial charge on any atom is -0.480 e. The molecule has 0 aromatic heterocycles. The molecule has 1 unspecified atom stereocenters. The number of nitrogens with two attached hydrogens (primary N) is 1. The van der Waals surface area contributed by atoms with Gasteiger partial charge in [0.05, 0.1) is 0 Å². The lowest BCUT2D eigenvalue weighted by Crippen LogP contribution is -2.41. The lowest BCUT2D eigenvalue weighted by atomic mass is 9.85. The number of rotatable bonds is 7. The average Bonchev–Trinajstić information content (AvgIpc) is 2.14. The Bertz CT molecular complexity index is 276. The number of carboxylic acid groups (broad SMARTS) is 1. The SMILES string of the molecule is CC(CCCOCC(F)(F)F)(C(N)=O)C(=O)O. The molecule has 0 aromatic carbocycles. The van der Waals surface area contributed by atoms with E-state index in [-0.39, 0.29) is 19.4 Å². The van der Waals surface area contributed by atoms with Gasteiger partial charge in [-0.25, -0.2) is 0 Å². The van der Waals surface area contributed by atoms with Gasteiger partial charge in [0.15, 0.2) is 0 Å². The number of aliphatic carboxylic acids is 1. The summed E-state index contributed by atoms with van der Waals surface area (Å²) in [6, 6.07) is 0. The van der Waals surface area contributed by atoms with E-state index in [1.807, 2.05) is 0 Å². The third kappa shape index (κ3) is 5.53. The summed E-state index contributed by atoms with van der Waals surface area (Å²) < 4.78 is 39.3. The Morgan fingerprint density at radius 3 is 2.24 bits per heavy atom. The molecular formula is C9H14F3NO4. The minimum absolute atomic E-state index is 0.00181. The molecule has 5 nitrogen and oxygen atoms in total. The van der Waals surface area contributed by atoms with Crippen LogP contribution in [0.2, 0.25) is 0 Å². The van der Waals surface area contributed by atoms with Crippen molar-refractivity contribution >= 4 is 11.9 Å². The predicted octanol–water partition coefficient (Wildman–Crippen LogP) is 0.922. The summed E-state index contributed by atoms with van der Waals surface area (Å²) in [7, 11) is 0. The lowest BCUT2D eigenvalue weighted by Gasteiger charge is -2.20. The predicted molar refractivity (Wildman–Crippen MR) is 51.0 cm³/mol. The molecule has 0 saturated carbocycles. The van der Waals surface area contributed by atoms with Gasteiger partial charge < -0.3 is 15.6 Å². The summed E-state index contributed by atoms with van der Waals surface area (Å²) in [5.41, 5.74) is 3.14. The number of carboxylic acids is 1. The van der Waals surface area contributed by atoms with Gasteiger partial charge in [0, 0.05) is 6.61 Å². The van der Waals surface area contributed by atoms with Crippen molar-refractivity contribution in [1.82, 2.24) is 0 Å². The molecule has 17 heavy (non-hydrogen) atoms. The summed E-state index contributed by atoms with van der Waals surface area (Å²) in [4.78, 5) is 21.7. The van der Waals surface area contributed by atoms with E-state index >= 15 is 0 Å². The van der Waals surface area contributed by atoms with Gasteiger partial charge in [0.25, 0.3) is 0 Å². The number of carbonyl (C=O) groups is 2. The van der Waals surface area contributed by atoms with E-state index in [4.69, 9.17) is 10.8 Å². The van der Waals surface area contributed by atoms with Crippen molar-refractivity contribution in [2.45, 2.75) is 25.9 Å². The van der Waals surface area contributed by atoms with Gasteiger partial charge in [-0.1, -0.05) is 0 Å². The Kier molecular flexibility index (Phi) is 5.40. The Balaban J connectivity index is 4.02. The van der Waals surface area contributed by atoms with Crippen LogP contribution in [0.5, 0.6) is 0 Å². The first-order chi connectivity index (χ1) is 7.59. The van der Waals surface area contributed by atoms with E-state index in [0.717, 1.165) is 6.92 Å². The molecule has 0 bridgehead atoms. The van der Waals surface area contributed by atoms with Gasteiger partial charge in [-0.3, -0.25) is 9.59 Å². The molecule has 1 amide bonds. The van der Waals surface area contributed by atoms with Gasteiger partial charge >= 0.3 is 12.1 Å². The van der Waals surface area contributed by atoms with Gasteiger partial charge in [0.2, 0.25) is 5.91 Å². The zero-order chi connectivity index (χ0) is 13.7. The smallest absolute Gasteiger partial charge is 0.411 e. The quantitative estimate of drug-likeness (QED) is 0.524. The van der Waals surface area contributed by atoms with Crippen molar-refractivity contribution in [3.05, 3.63) is 0 Å². The van der Waals surface area contributed by atoms with Crippen molar-refractivity contribution in [3.8, 4) is 0 Å². The van der Waals surface area contributed by atoms with Crippen molar-refractivity contribution in [2.24, 2.45) is 11.1 Å². The Morgan fingerprint density at radius 2 is 1.88 bits per heavy atom. The highest BCUT2D eigenvalue weighted by Crippen LogP contribution is 2.23. The van der Waals surface area contributed by atoms with Crippen LogP contribution >= 0.6 is 0 Å². The Morgan fingerprint density at radius 1 is 1.35 bits per heavy atom. The highest BCUT2D eigenvalue weighted by molar-refractivity contribution is 6.00. The fourth-order valence-corrected chi connectivity index (χ4v) is 1.05. The number of primary amides is 1. The van der Waals surface area contributed by atoms with Crippen LogP contribution in [0.1, 0.15) is 19.8 Å². The highest BCUT2D eigenvalue weighted by atomic mass is 19.4. The van der Waals surface area contributed by atoms with Crippen LogP contribution in [0.4, 0.5) is 13.2 Å². The maximum absolute atomic E-state index is 11.7. The molecule has 0 aromatic rings. The van der Waals surface area contributed by atoms with Gasteiger partial charge in [-0.15, -0.1) is 0 Å². The van der Waals surface area contributed by atoms with E-state index in [2.05, 4.69) is 4.74 Å². The lowest BCUT2D eigenvalue weighted by molar-refractivity contribution is -0.175. The molecule has 0 aliphatic carbocycles. The molecule has 0 saturated heterocycles. The Labute approximate surface area is 95.7 Å².